The number of esters is 1. The molecule has 0 spiro atoms. The molecule has 2 N–H and O–H groups in total. The topological polar surface area (TPSA) is 76.7 Å². The zero-order chi connectivity index (χ0) is 15.9. The zero-order valence-corrected chi connectivity index (χ0v) is 13.6. The van der Waals surface area contributed by atoms with E-state index in [1.165, 1.54) is 0 Å². The molecule has 1 aliphatic carbocycles. The maximum atomic E-state index is 12.0. The molecule has 6 nitrogen and oxygen atoms in total. The summed E-state index contributed by atoms with van der Waals surface area (Å²) in [5.74, 6) is -0.275. The molecule has 0 saturated heterocycles. The van der Waals surface area contributed by atoms with E-state index in [2.05, 4.69) is 10.6 Å². The molecule has 0 aliphatic heterocycles. The number of ether oxygens (including phenoxy) is 2. The summed E-state index contributed by atoms with van der Waals surface area (Å²) in [6.07, 6.45) is 3.51. The number of nitrogens with one attached hydrogen (secondary N) is 2. The second-order valence-corrected chi connectivity index (χ2v) is 6.52. The molecule has 21 heavy (non-hydrogen) atoms. The highest BCUT2D eigenvalue weighted by molar-refractivity contribution is 5.71. The van der Waals surface area contributed by atoms with Crippen molar-refractivity contribution >= 4 is 12.1 Å². The molecule has 0 heterocycles. The van der Waals surface area contributed by atoms with Crippen molar-refractivity contribution in [2.45, 2.75) is 64.5 Å². The Morgan fingerprint density at radius 1 is 1.19 bits per heavy atom. The second kappa shape index (κ2) is 7.64. The van der Waals surface area contributed by atoms with Crippen LogP contribution in [0.4, 0.5) is 4.79 Å². The van der Waals surface area contributed by atoms with Crippen molar-refractivity contribution in [1.82, 2.24) is 10.6 Å². The molecule has 6 heteroatoms. The molecule has 1 saturated carbocycles. The van der Waals surface area contributed by atoms with E-state index < -0.39 is 11.7 Å². The Balaban J connectivity index is 2.47. The summed E-state index contributed by atoms with van der Waals surface area (Å²) in [4.78, 5) is 23.3. The third kappa shape index (κ3) is 6.80. The predicted octanol–water partition coefficient (Wildman–Crippen LogP) is 1.98. The lowest BCUT2D eigenvalue weighted by molar-refractivity contribution is -0.142. The van der Waals surface area contributed by atoms with Gasteiger partial charge in [-0.3, -0.25) is 4.79 Å². The Hall–Kier alpha value is -1.30. The maximum absolute atomic E-state index is 12.0. The summed E-state index contributed by atoms with van der Waals surface area (Å²) >= 11 is 0. The van der Waals surface area contributed by atoms with Crippen LogP contribution in [0.1, 0.15) is 53.4 Å². The molecular weight excluding hydrogens is 272 g/mol. The Kier molecular flexibility index (Phi) is 6.45. The molecule has 122 valence electrons. The van der Waals surface area contributed by atoms with Gasteiger partial charge in [0.05, 0.1) is 18.7 Å². The fraction of sp³-hybridized carbons (Fsp3) is 0.867. The molecule has 1 amide bonds. The Morgan fingerprint density at radius 3 is 2.33 bits per heavy atom. The minimum atomic E-state index is -0.512. The van der Waals surface area contributed by atoms with Crippen LogP contribution in [0.5, 0.6) is 0 Å². The monoisotopic (exact) mass is 300 g/mol. The van der Waals surface area contributed by atoms with Crippen LogP contribution in [-0.4, -0.2) is 42.9 Å². The van der Waals surface area contributed by atoms with Gasteiger partial charge in [0.1, 0.15) is 5.60 Å². The number of hydrogen-bond acceptors (Lipinski definition) is 5. The highest BCUT2D eigenvalue weighted by atomic mass is 16.6. The molecule has 0 unspecified atom stereocenters. The molecule has 1 aliphatic rings. The molecule has 0 aromatic heterocycles. The maximum Gasteiger partial charge on any atom is 0.408 e. The predicted molar refractivity (Wildman–Crippen MR) is 80.1 cm³/mol. The van der Waals surface area contributed by atoms with Crippen LogP contribution < -0.4 is 10.6 Å². The number of amides is 1. The van der Waals surface area contributed by atoms with Gasteiger partial charge < -0.3 is 20.1 Å². The van der Waals surface area contributed by atoms with E-state index in [0.29, 0.717) is 13.2 Å². The Labute approximate surface area is 126 Å². The molecule has 0 aromatic rings. The van der Waals surface area contributed by atoms with E-state index in [-0.39, 0.29) is 18.1 Å². The molecular formula is C15H28N2O4. The summed E-state index contributed by atoms with van der Waals surface area (Å²) in [5.41, 5.74) is -0.836. The van der Waals surface area contributed by atoms with Crippen molar-refractivity contribution in [3.8, 4) is 0 Å². The van der Waals surface area contributed by atoms with Gasteiger partial charge in [0.2, 0.25) is 0 Å². The molecule has 0 atom stereocenters. The number of carbonyl (C=O) groups is 2. The summed E-state index contributed by atoms with van der Waals surface area (Å²) < 4.78 is 10.2. The molecule has 0 radical (unpaired) electrons. The number of carbonyl (C=O) groups excluding carboxylic acids is 2. The lowest BCUT2D eigenvalue weighted by Crippen LogP contribution is -2.54. The minimum absolute atomic E-state index is 0.158. The van der Waals surface area contributed by atoms with Crippen LogP contribution in [0.25, 0.3) is 0 Å². The van der Waals surface area contributed by atoms with Crippen molar-refractivity contribution in [3.63, 3.8) is 0 Å². The van der Waals surface area contributed by atoms with Gasteiger partial charge in [-0.25, -0.2) is 4.79 Å². The first-order chi connectivity index (χ1) is 9.76. The van der Waals surface area contributed by atoms with E-state index in [0.717, 1.165) is 25.7 Å². The Bertz CT molecular complexity index is 357. The van der Waals surface area contributed by atoms with Crippen LogP contribution >= 0.6 is 0 Å². The SMILES string of the molecule is CCOC(=O)CNCC1(NC(=O)OC(C)(C)C)CCCC1. The van der Waals surface area contributed by atoms with Gasteiger partial charge in [-0.15, -0.1) is 0 Å². The average Bonchev–Trinajstić information content (AvgIpc) is 2.75. The van der Waals surface area contributed by atoms with Gasteiger partial charge in [-0.1, -0.05) is 12.8 Å². The molecule has 0 bridgehead atoms. The molecule has 0 aromatic carbocycles. The van der Waals surface area contributed by atoms with Gasteiger partial charge in [0.25, 0.3) is 0 Å². The lowest BCUT2D eigenvalue weighted by atomic mass is 9.98. The average molecular weight is 300 g/mol. The van der Waals surface area contributed by atoms with E-state index in [1.54, 1.807) is 6.92 Å². The largest absolute Gasteiger partial charge is 0.465 e. The van der Waals surface area contributed by atoms with E-state index in [9.17, 15) is 9.59 Å². The smallest absolute Gasteiger partial charge is 0.408 e. The van der Waals surface area contributed by atoms with Crippen molar-refractivity contribution in [3.05, 3.63) is 0 Å². The van der Waals surface area contributed by atoms with E-state index in [1.807, 2.05) is 20.8 Å². The van der Waals surface area contributed by atoms with Crippen LogP contribution in [0.2, 0.25) is 0 Å². The summed E-state index contributed by atoms with van der Waals surface area (Å²) in [7, 11) is 0. The number of alkyl carbamates (subject to hydrolysis) is 1. The van der Waals surface area contributed by atoms with Crippen molar-refractivity contribution < 1.29 is 19.1 Å². The first-order valence-electron chi connectivity index (χ1n) is 7.64. The summed E-state index contributed by atoms with van der Waals surface area (Å²) in [5, 5.41) is 6.06. The van der Waals surface area contributed by atoms with Crippen LogP contribution in [-0.2, 0) is 14.3 Å². The highest BCUT2D eigenvalue weighted by Gasteiger charge is 2.36. The summed E-state index contributed by atoms with van der Waals surface area (Å²) in [6.45, 7) is 8.38. The normalized spacial score (nSPS) is 17.3. The van der Waals surface area contributed by atoms with E-state index >= 15 is 0 Å². The third-order valence-electron chi connectivity index (χ3n) is 3.36. The number of rotatable bonds is 6. The van der Waals surface area contributed by atoms with Gasteiger partial charge in [0, 0.05) is 6.54 Å². The minimum Gasteiger partial charge on any atom is -0.465 e. The van der Waals surface area contributed by atoms with Crippen LogP contribution in [0, 0.1) is 0 Å². The number of hydrogen-bond donors (Lipinski definition) is 2. The Morgan fingerprint density at radius 2 is 1.81 bits per heavy atom. The van der Waals surface area contributed by atoms with Gasteiger partial charge in [-0.05, 0) is 40.5 Å². The van der Waals surface area contributed by atoms with Crippen molar-refractivity contribution in [2.75, 3.05) is 19.7 Å². The van der Waals surface area contributed by atoms with Gasteiger partial charge >= 0.3 is 12.1 Å². The molecule has 1 rings (SSSR count). The first kappa shape index (κ1) is 17.8. The van der Waals surface area contributed by atoms with E-state index in [4.69, 9.17) is 9.47 Å². The fourth-order valence-corrected chi connectivity index (χ4v) is 2.53. The van der Waals surface area contributed by atoms with Gasteiger partial charge in [0.15, 0.2) is 0 Å². The second-order valence-electron chi connectivity index (χ2n) is 6.52. The standard InChI is InChI=1S/C15H28N2O4/c1-5-20-12(18)10-16-11-15(8-6-7-9-15)17-13(19)21-14(2,3)4/h16H,5-11H2,1-4H3,(H,17,19). The first-order valence-corrected chi connectivity index (χ1v) is 7.64. The highest BCUT2D eigenvalue weighted by Crippen LogP contribution is 2.29. The van der Waals surface area contributed by atoms with Gasteiger partial charge in [-0.2, -0.15) is 0 Å². The van der Waals surface area contributed by atoms with Crippen molar-refractivity contribution in [2.24, 2.45) is 0 Å². The van der Waals surface area contributed by atoms with Crippen molar-refractivity contribution in [1.29, 1.82) is 0 Å². The lowest BCUT2D eigenvalue weighted by Gasteiger charge is -2.32. The third-order valence-corrected chi connectivity index (χ3v) is 3.36. The molecule has 1 fully saturated rings. The zero-order valence-electron chi connectivity index (χ0n) is 13.6. The fourth-order valence-electron chi connectivity index (χ4n) is 2.53. The van der Waals surface area contributed by atoms with Crippen LogP contribution in [0.3, 0.4) is 0 Å². The van der Waals surface area contributed by atoms with Crippen LogP contribution in [0.15, 0.2) is 0 Å². The summed E-state index contributed by atoms with van der Waals surface area (Å²) in [6, 6.07) is 0. The quantitative estimate of drug-likeness (QED) is 0.734.